The fraction of sp³-hybridized carbons (Fsp3) is 0.760. The van der Waals surface area contributed by atoms with Crippen molar-refractivity contribution < 1.29 is 23.9 Å². The number of hydrogen-bond donors (Lipinski definition) is 2. The first kappa shape index (κ1) is 22.7. The highest BCUT2D eigenvalue weighted by molar-refractivity contribution is 5.90. The first-order valence-corrected chi connectivity index (χ1v) is 12.8. The largest absolute Gasteiger partial charge is 0.454 e. The molecule has 180 valence electrons. The lowest BCUT2D eigenvalue weighted by Crippen LogP contribution is -2.67. The summed E-state index contributed by atoms with van der Waals surface area (Å²) in [5.41, 5.74) is -1.34. The Morgan fingerprint density at radius 2 is 1.67 bits per heavy atom. The molecule has 3 aliphatic heterocycles. The topological polar surface area (TPSA) is 101 Å². The fourth-order valence-corrected chi connectivity index (χ4v) is 7.06. The van der Waals surface area contributed by atoms with Crippen LogP contribution in [0.4, 0.5) is 5.82 Å². The van der Waals surface area contributed by atoms with Crippen molar-refractivity contribution in [3.05, 3.63) is 18.6 Å². The second-order valence-electron chi connectivity index (χ2n) is 10.8. The van der Waals surface area contributed by atoms with Gasteiger partial charge in [0.25, 0.3) is 5.91 Å². The van der Waals surface area contributed by atoms with Crippen molar-refractivity contribution >= 4 is 17.7 Å². The predicted molar refractivity (Wildman–Crippen MR) is 122 cm³/mol. The number of carbonyl (C=O) groups excluding carboxylic acids is 2. The summed E-state index contributed by atoms with van der Waals surface area (Å²) in [6.45, 7) is 2.83. The van der Waals surface area contributed by atoms with Gasteiger partial charge in [-0.2, -0.15) is 0 Å². The van der Waals surface area contributed by atoms with Crippen molar-refractivity contribution in [2.45, 2.75) is 75.9 Å². The molecule has 0 radical (unpaired) electrons. The maximum absolute atomic E-state index is 13.6. The van der Waals surface area contributed by atoms with E-state index in [0.717, 1.165) is 77.3 Å². The van der Waals surface area contributed by atoms with Gasteiger partial charge in [0.2, 0.25) is 0 Å². The summed E-state index contributed by atoms with van der Waals surface area (Å²) in [5, 5.41) is 14.6. The van der Waals surface area contributed by atoms with Gasteiger partial charge >= 0.3 is 5.97 Å². The van der Waals surface area contributed by atoms with Crippen molar-refractivity contribution in [2.24, 2.45) is 17.8 Å². The van der Waals surface area contributed by atoms with Gasteiger partial charge in [-0.15, -0.1) is 0 Å². The average molecular weight is 458 g/mol. The maximum Gasteiger partial charge on any atom is 0.339 e. The number of carbonyl (C=O) groups is 2. The third-order valence-electron chi connectivity index (χ3n) is 8.89. The number of anilines is 1. The molecule has 8 nitrogen and oxygen atoms in total. The van der Waals surface area contributed by atoms with Gasteiger partial charge in [0.15, 0.2) is 24.1 Å². The van der Waals surface area contributed by atoms with Gasteiger partial charge < -0.3 is 19.6 Å². The molecule has 5 fully saturated rings. The second kappa shape index (κ2) is 9.29. The summed E-state index contributed by atoms with van der Waals surface area (Å²) in [5.74, 6) is 0.351. The molecule has 6 rings (SSSR count). The molecular weight excluding hydrogens is 420 g/mol. The Balaban J connectivity index is 1.26. The normalized spacial score (nSPS) is 30.5. The minimum atomic E-state index is -1.34. The van der Waals surface area contributed by atoms with E-state index in [1.165, 1.54) is 6.20 Å². The Hall–Kier alpha value is -2.06. The average Bonchev–Trinajstić information content (AvgIpc) is 3.54. The summed E-state index contributed by atoms with van der Waals surface area (Å²) in [7, 11) is 0. The molecule has 1 aromatic rings. The zero-order valence-corrected chi connectivity index (χ0v) is 19.5. The lowest BCUT2D eigenvalue weighted by Gasteiger charge is -2.52. The van der Waals surface area contributed by atoms with E-state index in [-0.39, 0.29) is 29.8 Å². The molecule has 33 heavy (non-hydrogen) atoms. The molecule has 4 heterocycles. The summed E-state index contributed by atoms with van der Waals surface area (Å²) < 4.78 is 6.81. The van der Waals surface area contributed by atoms with Gasteiger partial charge in [0.05, 0.1) is 19.3 Å². The Morgan fingerprint density at radius 3 is 2.24 bits per heavy atom. The smallest absolute Gasteiger partial charge is 0.339 e. The summed E-state index contributed by atoms with van der Waals surface area (Å²) in [6, 6.07) is 0. The van der Waals surface area contributed by atoms with E-state index in [0.29, 0.717) is 29.3 Å². The fourth-order valence-electron chi connectivity index (χ4n) is 7.06. The number of hydrogen-bond acceptors (Lipinski definition) is 6. The lowest BCUT2D eigenvalue weighted by atomic mass is 9.74. The lowest BCUT2D eigenvalue weighted by molar-refractivity contribution is -0.939. The van der Waals surface area contributed by atoms with E-state index in [4.69, 9.17) is 4.74 Å². The van der Waals surface area contributed by atoms with E-state index >= 15 is 0 Å². The van der Waals surface area contributed by atoms with Crippen LogP contribution in [0.15, 0.2) is 18.6 Å². The molecule has 0 aromatic carbocycles. The van der Waals surface area contributed by atoms with Gasteiger partial charge in [0, 0.05) is 31.2 Å². The van der Waals surface area contributed by atoms with Gasteiger partial charge in [-0.05, 0) is 37.5 Å². The van der Waals surface area contributed by atoms with Crippen LogP contribution in [0.25, 0.3) is 0 Å². The molecular formula is C25H37N4O4+. The minimum absolute atomic E-state index is 0.0232. The highest BCUT2D eigenvalue weighted by Gasteiger charge is 2.55. The number of aromatic nitrogens is 2. The number of piperidine rings is 3. The molecule has 8 heteroatoms. The summed E-state index contributed by atoms with van der Waals surface area (Å²) in [6.07, 6.45) is 14.3. The van der Waals surface area contributed by atoms with Gasteiger partial charge in [-0.3, -0.25) is 9.78 Å². The van der Waals surface area contributed by atoms with Crippen LogP contribution >= 0.6 is 0 Å². The number of rotatable bonds is 7. The predicted octanol–water partition coefficient (Wildman–Crippen LogP) is 2.68. The standard InChI is InChI=1S/C25H36N4O4/c30-23(28-22-15-26-11-12-27-22)17-29-13-9-18(10-14-29)21(16-29)33-24(31)25(32,19-5-1-2-6-19)20-7-3-4-8-20/h11-12,15,18-21,32H,1-10,13-14,16-17H2/p+1/t18?,21-,29?/m0/s1. The Labute approximate surface area is 195 Å². The number of quaternary nitrogens is 1. The van der Waals surface area contributed by atoms with E-state index in [1.54, 1.807) is 12.4 Å². The van der Waals surface area contributed by atoms with E-state index in [2.05, 4.69) is 15.3 Å². The van der Waals surface area contributed by atoms with Crippen LogP contribution in [0.2, 0.25) is 0 Å². The first-order chi connectivity index (χ1) is 16.0. The van der Waals surface area contributed by atoms with Crippen LogP contribution in [-0.2, 0) is 14.3 Å². The van der Waals surface area contributed by atoms with Gasteiger partial charge in [-0.1, -0.05) is 25.7 Å². The van der Waals surface area contributed by atoms with Crippen LogP contribution in [0, 0.1) is 17.8 Å². The molecule has 2 saturated carbocycles. The van der Waals surface area contributed by atoms with Crippen LogP contribution < -0.4 is 5.32 Å². The number of amides is 1. The monoisotopic (exact) mass is 457 g/mol. The molecule has 0 unspecified atom stereocenters. The molecule has 1 atom stereocenters. The Morgan fingerprint density at radius 1 is 1.03 bits per heavy atom. The van der Waals surface area contributed by atoms with Gasteiger partial charge in [-0.25, -0.2) is 9.78 Å². The Bertz CT molecular complexity index is 827. The van der Waals surface area contributed by atoms with Crippen LogP contribution in [0.5, 0.6) is 0 Å². The molecule has 2 aliphatic carbocycles. The molecule has 0 spiro atoms. The Kier molecular flexibility index (Phi) is 6.40. The van der Waals surface area contributed by atoms with Crippen molar-refractivity contribution in [3.8, 4) is 0 Å². The van der Waals surface area contributed by atoms with E-state index in [9.17, 15) is 14.7 Å². The SMILES string of the molecule is O=C(C[N+]12CCC(CC1)[C@@H](OC(=O)C(O)(C1CCCC1)C1CCCC1)C2)Nc1cnccn1. The number of esters is 1. The highest BCUT2D eigenvalue weighted by atomic mass is 16.6. The maximum atomic E-state index is 13.6. The van der Waals surface area contributed by atoms with Crippen molar-refractivity contribution in [2.75, 3.05) is 31.5 Å². The van der Waals surface area contributed by atoms with Crippen LogP contribution in [0.1, 0.15) is 64.2 Å². The summed E-state index contributed by atoms with van der Waals surface area (Å²) in [4.78, 5) is 34.5. The zero-order chi connectivity index (χ0) is 22.9. The molecule has 2 N–H and O–H groups in total. The number of aliphatic hydroxyl groups is 1. The van der Waals surface area contributed by atoms with Crippen LogP contribution in [0.3, 0.4) is 0 Å². The second-order valence-corrected chi connectivity index (χ2v) is 10.8. The first-order valence-electron chi connectivity index (χ1n) is 12.8. The number of nitrogens with one attached hydrogen (secondary N) is 1. The highest BCUT2D eigenvalue weighted by Crippen LogP contribution is 2.46. The minimum Gasteiger partial charge on any atom is -0.454 e. The van der Waals surface area contributed by atoms with E-state index in [1.807, 2.05) is 0 Å². The molecule has 5 aliphatic rings. The molecule has 1 amide bonds. The van der Waals surface area contributed by atoms with E-state index < -0.39 is 5.60 Å². The molecule has 3 saturated heterocycles. The third kappa shape index (κ3) is 4.52. The number of fused-ring (bicyclic) bond motifs is 3. The van der Waals surface area contributed by atoms with Crippen molar-refractivity contribution in [3.63, 3.8) is 0 Å². The van der Waals surface area contributed by atoms with Crippen molar-refractivity contribution in [1.29, 1.82) is 0 Å². The molecule has 1 aromatic heterocycles. The van der Waals surface area contributed by atoms with Gasteiger partial charge in [0.1, 0.15) is 6.54 Å². The number of nitrogens with zero attached hydrogens (tertiary/aromatic N) is 3. The molecule has 2 bridgehead atoms. The third-order valence-corrected chi connectivity index (χ3v) is 8.89. The number of ether oxygens (including phenoxy) is 1. The summed E-state index contributed by atoms with van der Waals surface area (Å²) >= 11 is 0. The zero-order valence-electron chi connectivity index (χ0n) is 19.5. The van der Waals surface area contributed by atoms with Crippen LogP contribution in [-0.4, -0.2) is 69.3 Å². The quantitative estimate of drug-likeness (QED) is 0.482. The van der Waals surface area contributed by atoms with Crippen molar-refractivity contribution in [1.82, 2.24) is 9.97 Å².